The number of carboxylic acid groups (broad SMARTS) is 1. The van der Waals surface area contributed by atoms with Gasteiger partial charge in [0.15, 0.2) is 0 Å². The Morgan fingerprint density at radius 2 is 2.47 bits per heavy atom. The van der Waals surface area contributed by atoms with Gasteiger partial charge in [-0.1, -0.05) is 0 Å². The molecular weight excluding hydrogens is 220 g/mol. The van der Waals surface area contributed by atoms with Crippen LogP contribution in [0.5, 0.6) is 5.75 Å². The van der Waals surface area contributed by atoms with Gasteiger partial charge in [0.25, 0.3) is 0 Å². The van der Waals surface area contributed by atoms with E-state index in [1.54, 1.807) is 12.1 Å². The second-order valence-electron chi connectivity index (χ2n) is 3.89. The summed E-state index contributed by atoms with van der Waals surface area (Å²) in [4.78, 5) is 10.3. The molecule has 2 N–H and O–H groups in total. The molecule has 5 heteroatoms. The van der Waals surface area contributed by atoms with Gasteiger partial charge in [-0.2, -0.15) is 5.26 Å². The Morgan fingerprint density at radius 3 is 3.18 bits per heavy atom. The van der Waals surface area contributed by atoms with Gasteiger partial charge in [0.1, 0.15) is 5.75 Å². The molecule has 1 atom stereocenters. The molecule has 1 heterocycles. The molecule has 1 aromatic carbocycles. The molecule has 88 valence electrons. The Bertz CT molecular complexity index is 479. The molecular formula is C12H12N2O3. The summed E-state index contributed by atoms with van der Waals surface area (Å²) in [5.74, 6) is 0.953. The topological polar surface area (TPSA) is 82.4 Å². The number of nitriles is 1. The van der Waals surface area contributed by atoms with Crippen molar-refractivity contribution in [2.45, 2.75) is 12.3 Å². The number of nitrogens with one attached hydrogen (secondary N) is 1. The third kappa shape index (κ3) is 2.48. The number of hydrogen-bond acceptors (Lipinski definition) is 3. The number of rotatable bonds is 3. The molecule has 0 fully saturated rings. The number of hydrogen-bond donors (Lipinski definition) is 2. The van der Waals surface area contributed by atoms with Gasteiger partial charge < -0.3 is 15.2 Å². The highest BCUT2D eigenvalue weighted by Crippen LogP contribution is 2.36. The minimum atomic E-state index is -1.02. The van der Waals surface area contributed by atoms with E-state index in [-0.39, 0.29) is 5.92 Å². The van der Waals surface area contributed by atoms with E-state index in [1.807, 2.05) is 6.07 Å². The highest BCUT2D eigenvalue weighted by atomic mass is 16.5. The quantitative estimate of drug-likeness (QED) is 0.830. The minimum absolute atomic E-state index is 0.158. The van der Waals surface area contributed by atoms with E-state index >= 15 is 0 Å². The molecule has 0 saturated carbocycles. The van der Waals surface area contributed by atoms with Gasteiger partial charge in [0.2, 0.25) is 0 Å². The van der Waals surface area contributed by atoms with Crippen LogP contribution in [0.4, 0.5) is 4.79 Å². The van der Waals surface area contributed by atoms with Gasteiger partial charge in [-0.25, -0.2) is 4.79 Å². The molecule has 1 unspecified atom stereocenters. The fourth-order valence-corrected chi connectivity index (χ4v) is 1.94. The van der Waals surface area contributed by atoms with Crippen molar-refractivity contribution in [3.8, 4) is 11.8 Å². The van der Waals surface area contributed by atoms with Crippen molar-refractivity contribution in [2.75, 3.05) is 13.2 Å². The van der Waals surface area contributed by atoms with E-state index in [0.717, 1.165) is 11.3 Å². The average molecular weight is 232 g/mol. The lowest BCUT2D eigenvalue weighted by Crippen LogP contribution is -2.23. The first-order chi connectivity index (χ1) is 8.20. The smallest absolute Gasteiger partial charge is 0.404 e. The van der Waals surface area contributed by atoms with Crippen molar-refractivity contribution in [1.82, 2.24) is 5.32 Å². The molecule has 1 amide bonds. The van der Waals surface area contributed by atoms with Crippen molar-refractivity contribution < 1.29 is 14.6 Å². The van der Waals surface area contributed by atoms with E-state index in [4.69, 9.17) is 15.1 Å². The molecule has 0 spiro atoms. The standard InChI is InChI=1S/C12H12N2O3/c13-6-8-1-2-11-10(5-8)9(7-17-11)3-4-14-12(15)16/h1-2,5,9,14H,3-4,7H2,(H,15,16). The van der Waals surface area contributed by atoms with Crippen molar-refractivity contribution in [1.29, 1.82) is 5.26 Å². The van der Waals surface area contributed by atoms with E-state index in [0.29, 0.717) is 25.1 Å². The molecule has 0 aliphatic carbocycles. The van der Waals surface area contributed by atoms with Crippen molar-refractivity contribution in [3.05, 3.63) is 29.3 Å². The molecule has 0 bridgehead atoms. The highest BCUT2D eigenvalue weighted by Gasteiger charge is 2.24. The molecule has 2 rings (SSSR count). The maximum Gasteiger partial charge on any atom is 0.404 e. The van der Waals surface area contributed by atoms with Crippen molar-refractivity contribution in [2.24, 2.45) is 0 Å². The molecule has 1 aliphatic rings. The summed E-state index contributed by atoms with van der Waals surface area (Å²) in [6, 6.07) is 7.41. The lowest BCUT2D eigenvalue weighted by molar-refractivity contribution is 0.193. The summed E-state index contributed by atoms with van der Waals surface area (Å²) >= 11 is 0. The molecule has 1 aliphatic heterocycles. The van der Waals surface area contributed by atoms with Crippen LogP contribution in [0.3, 0.4) is 0 Å². The lowest BCUT2D eigenvalue weighted by atomic mass is 9.96. The predicted octanol–water partition coefficient (Wildman–Crippen LogP) is 1.69. The SMILES string of the molecule is N#Cc1ccc2c(c1)C(CCNC(=O)O)CO2. The molecule has 0 saturated heterocycles. The molecule has 5 nitrogen and oxygen atoms in total. The van der Waals surface area contributed by atoms with Crippen molar-refractivity contribution in [3.63, 3.8) is 0 Å². The Hall–Kier alpha value is -2.22. The van der Waals surface area contributed by atoms with Crippen LogP contribution in [-0.4, -0.2) is 24.4 Å². The van der Waals surface area contributed by atoms with Crippen LogP contribution in [-0.2, 0) is 0 Å². The van der Waals surface area contributed by atoms with Crippen LogP contribution >= 0.6 is 0 Å². The second kappa shape index (κ2) is 4.74. The number of nitrogens with zero attached hydrogens (tertiary/aromatic N) is 1. The van der Waals surface area contributed by atoms with Crippen LogP contribution in [0.2, 0.25) is 0 Å². The zero-order valence-electron chi connectivity index (χ0n) is 9.14. The maximum absolute atomic E-state index is 10.3. The normalized spacial score (nSPS) is 16.8. The Labute approximate surface area is 98.6 Å². The number of amides is 1. The van der Waals surface area contributed by atoms with E-state index in [1.165, 1.54) is 0 Å². The minimum Gasteiger partial charge on any atom is -0.493 e. The molecule has 17 heavy (non-hydrogen) atoms. The van der Waals surface area contributed by atoms with Gasteiger partial charge in [0.05, 0.1) is 18.2 Å². The second-order valence-corrected chi connectivity index (χ2v) is 3.89. The van der Waals surface area contributed by atoms with Crippen LogP contribution in [0, 0.1) is 11.3 Å². The van der Waals surface area contributed by atoms with E-state index in [9.17, 15) is 4.79 Å². The van der Waals surface area contributed by atoms with Crippen LogP contribution < -0.4 is 10.1 Å². The Balaban J connectivity index is 2.05. The molecule has 1 aromatic rings. The predicted molar refractivity (Wildman–Crippen MR) is 60.0 cm³/mol. The van der Waals surface area contributed by atoms with Crippen LogP contribution in [0.15, 0.2) is 18.2 Å². The van der Waals surface area contributed by atoms with E-state index in [2.05, 4.69) is 11.4 Å². The average Bonchev–Trinajstić information content (AvgIpc) is 2.71. The fourth-order valence-electron chi connectivity index (χ4n) is 1.94. The van der Waals surface area contributed by atoms with Crippen LogP contribution in [0.25, 0.3) is 0 Å². The largest absolute Gasteiger partial charge is 0.493 e. The molecule has 0 aromatic heterocycles. The summed E-state index contributed by atoms with van der Waals surface area (Å²) in [7, 11) is 0. The first-order valence-corrected chi connectivity index (χ1v) is 5.34. The summed E-state index contributed by atoms with van der Waals surface area (Å²) in [5.41, 5.74) is 1.60. The van der Waals surface area contributed by atoms with Crippen molar-refractivity contribution >= 4 is 6.09 Å². The number of ether oxygens (including phenoxy) is 1. The van der Waals surface area contributed by atoms with Gasteiger partial charge in [-0.05, 0) is 24.6 Å². The Morgan fingerprint density at radius 1 is 1.65 bits per heavy atom. The molecule has 0 radical (unpaired) electrons. The van der Waals surface area contributed by atoms with E-state index < -0.39 is 6.09 Å². The maximum atomic E-state index is 10.3. The van der Waals surface area contributed by atoms with Crippen LogP contribution in [0.1, 0.15) is 23.5 Å². The van der Waals surface area contributed by atoms with Gasteiger partial charge in [0, 0.05) is 18.0 Å². The first kappa shape index (κ1) is 11.3. The van der Waals surface area contributed by atoms with Gasteiger partial charge in [-0.3, -0.25) is 0 Å². The Kier molecular flexibility index (Phi) is 3.15. The van der Waals surface area contributed by atoms with Gasteiger partial charge in [-0.15, -0.1) is 0 Å². The highest BCUT2D eigenvalue weighted by molar-refractivity contribution is 5.64. The van der Waals surface area contributed by atoms with Gasteiger partial charge >= 0.3 is 6.09 Å². The fraction of sp³-hybridized carbons (Fsp3) is 0.333. The summed E-state index contributed by atoms with van der Waals surface area (Å²) in [6.45, 7) is 0.936. The number of benzene rings is 1. The summed E-state index contributed by atoms with van der Waals surface area (Å²) < 4.78 is 5.48. The number of carbonyl (C=O) groups is 1. The monoisotopic (exact) mass is 232 g/mol. The number of fused-ring (bicyclic) bond motifs is 1. The zero-order valence-corrected chi connectivity index (χ0v) is 9.14. The lowest BCUT2D eigenvalue weighted by Gasteiger charge is -2.08. The summed E-state index contributed by atoms with van der Waals surface area (Å²) in [5, 5.41) is 19.6. The first-order valence-electron chi connectivity index (χ1n) is 5.34. The third-order valence-corrected chi connectivity index (χ3v) is 2.79. The zero-order chi connectivity index (χ0) is 12.3. The summed E-state index contributed by atoms with van der Waals surface area (Å²) in [6.07, 6.45) is -0.344. The third-order valence-electron chi connectivity index (χ3n) is 2.79.